The fraction of sp³-hybridized carbons (Fsp3) is 0.263. The Morgan fingerprint density at radius 2 is 1.71 bits per heavy atom. The van der Waals surface area contributed by atoms with Gasteiger partial charge in [0.15, 0.2) is 0 Å². The molecule has 7 nitrogen and oxygen atoms in total. The summed E-state index contributed by atoms with van der Waals surface area (Å²) in [7, 11) is -4.14. The molecule has 2 rings (SSSR count). The predicted molar refractivity (Wildman–Crippen MR) is 100 cm³/mol. The number of hydrogen-bond acceptors (Lipinski definition) is 5. The molecule has 0 aromatic heterocycles. The highest BCUT2D eigenvalue weighted by molar-refractivity contribution is 7.89. The molecule has 0 spiro atoms. The minimum absolute atomic E-state index is 0.394. The number of ether oxygens (including phenoxy) is 1. The molecule has 0 aliphatic carbocycles. The van der Waals surface area contributed by atoms with E-state index >= 15 is 0 Å². The summed E-state index contributed by atoms with van der Waals surface area (Å²) in [6.07, 6.45) is -1.30. The van der Waals surface area contributed by atoms with Gasteiger partial charge in [-0.1, -0.05) is 30.3 Å². The van der Waals surface area contributed by atoms with E-state index in [0.717, 1.165) is 18.2 Å². The lowest BCUT2D eigenvalue weighted by molar-refractivity contribution is -0.140. The first-order valence-electron chi connectivity index (χ1n) is 8.56. The van der Waals surface area contributed by atoms with E-state index in [1.54, 1.807) is 44.2 Å². The molecule has 0 saturated carbocycles. The molecule has 0 aliphatic heterocycles. The number of esters is 1. The Balaban J connectivity index is 2.42. The molecule has 150 valence electrons. The summed E-state index contributed by atoms with van der Waals surface area (Å²) in [6, 6.07) is 10.8. The highest BCUT2D eigenvalue weighted by atomic mass is 32.2. The van der Waals surface area contributed by atoms with Gasteiger partial charge >= 0.3 is 5.97 Å². The maximum atomic E-state index is 14.1. The van der Waals surface area contributed by atoms with Crippen LogP contribution in [-0.4, -0.2) is 38.3 Å². The maximum Gasteiger partial charge on any atom is 0.342 e. The van der Waals surface area contributed by atoms with E-state index < -0.39 is 44.3 Å². The lowest BCUT2D eigenvalue weighted by Gasteiger charge is -2.25. The molecular weight excluding hydrogens is 387 g/mol. The SMILES string of the molecule is CCN(CC)C(=O)[C@H](OC(=O)c1cc(S(N)(=O)=O)ccc1F)c1ccccc1. The number of carbonyl (C=O) groups is 2. The van der Waals surface area contributed by atoms with Crippen molar-refractivity contribution in [2.24, 2.45) is 5.14 Å². The zero-order valence-corrected chi connectivity index (χ0v) is 16.3. The fourth-order valence-corrected chi connectivity index (χ4v) is 3.14. The highest BCUT2D eigenvalue weighted by Crippen LogP contribution is 2.24. The Morgan fingerprint density at radius 3 is 2.25 bits per heavy atom. The van der Waals surface area contributed by atoms with Gasteiger partial charge in [-0.05, 0) is 32.0 Å². The second-order valence-electron chi connectivity index (χ2n) is 5.89. The van der Waals surface area contributed by atoms with E-state index in [9.17, 15) is 22.4 Å². The summed E-state index contributed by atoms with van der Waals surface area (Å²) >= 11 is 0. The Morgan fingerprint density at radius 1 is 1.11 bits per heavy atom. The molecule has 0 fully saturated rings. The van der Waals surface area contributed by atoms with Crippen molar-refractivity contribution in [3.63, 3.8) is 0 Å². The van der Waals surface area contributed by atoms with Crippen LogP contribution < -0.4 is 5.14 Å². The lowest BCUT2D eigenvalue weighted by atomic mass is 10.1. The zero-order valence-electron chi connectivity index (χ0n) is 15.5. The molecule has 9 heteroatoms. The lowest BCUT2D eigenvalue weighted by Crippen LogP contribution is -2.36. The van der Waals surface area contributed by atoms with Crippen LogP contribution >= 0.6 is 0 Å². The summed E-state index contributed by atoms with van der Waals surface area (Å²) < 4.78 is 42.4. The van der Waals surface area contributed by atoms with Gasteiger partial charge in [0.1, 0.15) is 5.82 Å². The largest absolute Gasteiger partial charge is 0.444 e. The van der Waals surface area contributed by atoms with Gasteiger partial charge in [-0.15, -0.1) is 0 Å². The highest BCUT2D eigenvalue weighted by Gasteiger charge is 2.30. The molecule has 0 heterocycles. The number of sulfonamides is 1. The molecule has 0 saturated heterocycles. The third-order valence-electron chi connectivity index (χ3n) is 4.11. The zero-order chi connectivity index (χ0) is 20.9. The van der Waals surface area contributed by atoms with Gasteiger partial charge in [-0.25, -0.2) is 22.7 Å². The molecule has 0 aliphatic rings. The van der Waals surface area contributed by atoms with Gasteiger partial charge in [-0.3, -0.25) is 4.79 Å². The summed E-state index contributed by atoms with van der Waals surface area (Å²) in [5, 5.41) is 5.03. The van der Waals surface area contributed by atoms with Crippen LogP contribution in [0.5, 0.6) is 0 Å². The van der Waals surface area contributed by atoms with Crippen molar-refractivity contribution in [1.29, 1.82) is 0 Å². The first-order chi connectivity index (χ1) is 13.2. The van der Waals surface area contributed by atoms with Crippen LogP contribution in [0.3, 0.4) is 0 Å². The van der Waals surface area contributed by atoms with Crippen LogP contribution in [-0.2, 0) is 19.6 Å². The Bertz CT molecular complexity index is 960. The number of likely N-dealkylation sites (N-methyl/N-ethyl adjacent to an activating group) is 1. The van der Waals surface area contributed by atoms with E-state index in [4.69, 9.17) is 9.88 Å². The summed E-state index contributed by atoms with van der Waals surface area (Å²) in [5.74, 6) is -2.62. The standard InChI is InChI=1S/C19H21FN2O5S/c1-3-22(4-2)18(23)17(13-8-6-5-7-9-13)27-19(24)15-12-14(28(21,25)26)10-11-16(15)20/h5-12,17H,3-4H2,1-2H3,(H2,21,25,26)/t17-/m1/s1. The topological polar surface area (TPSA) is 107 Å². The Kier molecular flexibility index (Phi) is 6.87. The number of carbonyl (C=O) groups excluding carboxylic acids is 2. The normalized spacial score (nSPS) is 12.3. The summed E-state index contributed by atoms with van der Waals surface area (Å²) in [6.45, 7) is 4.35. The monoisotopic (exact) mass is 408 g/mol. The van der Waals surface area contributed by atoms with Crippen LogP contribution in [0.15, 0.2) is 53.4 Å². The number of nitrogens with two attached hydrogens (primary N) is 1. The van der Waals surface area contributed by atoms with E-state index in [0.29, 0.717) is 18.7 Å². The number of amides is 1. The Labute approximate surface area is 163 Å². The van der Waals surface area contributed by atoms with Gasteiger partial charge in [0.2, 0.25) is 16.1 Å². The minimum Gasteiger partial charge on any atom is -0.444 e. The number of benzene rings is 2. The summed E-state index contributed by atoms with van der Waals surface area (Å²) in [5.41, 5.74) is -0.212. The minimum atomic E-state index is -4.14. The van der Waals surface area contributed by atoms with Gasteiger partial charge in [-0.2, -0.15) is 0 Å². The molecular formula is C19H21FN2O5S. The number of hydrogen-bond donors (Lipinski definition) is 1. The molecule has 28 heavy (non-hydrogen) atoms. The van der Waals surface area contributed by atoms with Crippen LogP contribution in [0.25, 0.3) is 0 Å². The van der Waals surface area contributed by atoms with E-state index in [2.05, 4.69) is 0 Å². The molecule has 1 atom stereocenters. The molecule has 2 N–H and O–H groups in total. The second kappa shape index (κ2) is 8.94. The quantitative estimate of drug-likeness (QED) is 0.707. The fourth-order valence-electron chi connectivity index (χ4n) is 2.60. The summed E-state index contributed by atoms with van der Waals surface area (Å²) in [4.78, 5) is 26.4. The van der Waals surface area contributed by atoms with E-state index in [-0.39, 0.29) is 0 Å². The second-order valence-corrected chi connectivity index (χ2v) is 7.45. The van der Waals surface area contributed by atoms with Crippen molar-refractivity contribution in [1.82, 2.24) is 4.90 Å². The number of nitrogens with zero attached hydrogens (tertiary/aromatic N) is 1. The third-order valence-corrected chi connectivity index (χ3v) is 5.02. The van der Waals surface area contributed by atoms with Crippen molar-refractivity contribution in [3.05, 3.63) is 65.5 Å². The first-order valence-corrected chi connectivity index (χ1v) is 10.1. The molecule has 0 unspecified atom stereocenters. The molecule has 2 aromatic carbocycles. The van der Waals surface area contributed by atoms with Crippen LogP contribution in [0, 0.1) is 5.82 Å². The average Bonchev–Trinajstić information content (AvgIpc) is 2.66. The number of halogens is 1. The number of rotatable bonds is 7. The van der Waals surface area contributed by atoms with Crippen molar-refractivity contribution >= 4 is 21.9 Å². The molecule has 0 radical (unpaired) electrons. The van der Waals surface area contributed by atoms with E-state index in [1.165, 1.54) is 4.90 Å². The van der Waals surface area contributed by atoms with Gasteiger partial charge in [0.05, 0.1) is 10.5 Å². The van der Waals surface area contributed by atoms with Crippen molar-refractivity contribution < 1.29 is 27.1 Å². The smallest absolute Gasteiger partial charge is 0.342 e. The van der Waals surface area contributed by atoms with E-state index in [1.807, 2.05) is 0 Å². The number of primary sulfonamides is 1. The van der Waals surface area contributed by atoms with Crippen LogP contribution in [0.1, 0.15) is 35.9 Å². The maximum absolute atomic E-state index is 14.1. The third kappa shape index (κ3) is 4.93. The van der Waals surface area contributed by atoms with Gasteiger partial charge < -0.3 is 9.64 Å². The predicted octanol–water partition coefficient (Wildman–Crippen LogP) is 2.24. The van der Waals surface area contributed by atoms with Crippen molar-refractivity contribution in [2.75, 3.05) is 13.1 Å². The van der Waals surface area contributed by atoms with Crippen LogP contribution in [0.2, 0.25) is 0 Å². The molecule has 2 aromatic rings. The molecule has 1 amide bonds. The first kappa shape index (κ1) is 21.5. The van der Waals surface area contributed by atoms with Gasteiger partial charge in [0, 0.05) is 18.7 Å². The van der Waals surface area contributed by atoms with Gasteiger partial charge in [0.25, 0.3) is 5.91 Å². The Hall–Kier alpha value is -2.78. The van der Waals surface area contributed by atoms with Crippen LogP contribution in [0.4, 0.5) is 4.39 Å². The van der Waals surface area contributed by atoms with Crippen molar-refractivity contribution in [3.8, 4) is 0 Å². The average molecular weight is 408 g/mol. The molecule has 0 bridgehead atoms. The van der Waals surface area contributed by atoms with Crippen molar-refractivity contribution in [2.45, 2.75) is 24.8 Å².